The highest BCUT2D eigenvalue weighted by Gasteiger charge is 2.42. The molecule has 54 heteroatoms. The van der Waals surface area contributed by atoms with Gasteiger partial charge in [0.1, 0.15) is 96.1 Å². The number of nitrogens with two attached hydrogens (primary N) is 6. The second-order valence-corrected chi connectivity index (χ2v) is 35.2. The molecule has 52 nitrogen and oxygen atoms in total. The van der Waals surface area contributed by atoms with Crippen molar-refractivity contribution < 1.29 is 131 Å². The van der Waals surface area contributed by atoms with E-state index in [4.69, 9.17) is 39.8 Å². The molecule has 1 aromatic heterocycles. The Labute approximate surface area is 802 Å². The summed E-state index contributed by atoms with van der Waals surface area (Å²) in [6.07, 6.45) is -3.58. The molecule has 4 aromatic rings. The number of hydrogen-bond donors (Lipinski definition) is 30. The van der Waals surface area contributed by atoms with Crippen LogP contribution in [-0.2, 0) is 120 Å². The molecule has 760 valence electrons. The molecule has 36 N–H and O–H groups in total. The molecule has 2 saturated heterocycles. The van der Waals surface area contributed by atoms with Gasteiger partial charge in [-0.1, -0.05) is 64.1 Å². The summed E-state index contributed by atoms with van der Waals surface area (Å²) in [4.78, 5) is 295. The highest BCUT2D eigenvalue weighted by atomic mass is 33.1. The molecule has 139 heavy (non-hydrogen) atoms. The molecule has 3 aromatic carbocycles. The number of H-pyrrole nitrogens is 1. The molecule has 15 atom stereocenters. The zero-order valence-corrected chi connectivity index (χ0v) is 77.4. The maximum atomic E-state index is 15.2. The van der Waals surface area contributed by atoms with Crippen LogP contribution < -0.4 is 119 Å². The van der Waals surface area contributed by atoms with Gasteiger partial charge in [0.25, 0.3) is 0 Å². The fourth-order valence-corrected chi connectivity index (χ4v) is 16.6. The maximum Gasteiger partial charge on any atom is 0.327 e. The Bertz CT molecular complexity index is 5040. The van der Waals surface area contributed by atoms with E-state index in [1.54, 1.807) is 30.5 Å². The van der Waals surface area contributed by atoms with Crippen LogP contribution in [0.2, 0.25) is 0 Å². The summed E-state index contributed by atoms with van der Waals surface area (Å²) in [5.41, 5.74) is 35.1. The predicted molar refractivity (Wildman–Crippen MR) is 496 cm³/mol. The predicted octanol–water partition coefficient (Wildman–Crippen LogP) is -9.44. The number of amides is 18. The number of aliphatic hydroxyl groups is 1. The number of aromatic hydroxyl groups is 2. The lowest BCUT2D eigenvalue weighted by atomic mass is 10.0. The van der Waals surface area contributed by atoms with E-state index < -0.39 is 297 Å². The van der Waals surface area contributed by atoms with Crippen molar-refractivity contribution in [1.29, 1.82) is 5.41 Å². The molecule has 18 amide bonds. The van der Waals surface area contributed by atoms with Gasteiger partial charge in [-0.25, -0.2) is 4.79 Å². The third-order valence-corrected chi connectivity index (χ3v) is 24.1. The number of fused-ring (bicyclic) bond motifs is 1. The van der Waals surface area contributed by atoms with Crippen LogP contribution in [0.5, 0.6) is 11.5 Å². The van der Waals surface area contributed by atoms with Crippen LogP contribution in [-0.4, -0.2) is 319 Å². The Morgan fingerprint density at radius 3 is 1.65 bits per heavy atom. The number of carbonyl (C=O) groups excluding carboxylic acids is 18. The summed E-state index contributed by atoms with van der Waals surface area (Å²) in [6.45, 7) is -2.01. The number of aliphatic hydroxyl groups excluding tert-OH is 1. The zero-order valence-electron chi connectivity index (χ0n) is 75.7. The number of rotatable bonds is 42. The number of aromatic amines is 1. The first kappa shape index (κ1) is 113. The quantitative estimate of drug-likeness (QED) is 0.00848. The van der Waals surface area contributed by atoms with Crippen molar-refractivity contribution in [3.63, 3.8) is 0 Å². The molecule has 2 aliphatic rings. The number of primary amides is 2. The highest BCUT2D eigenvalue weighted by molar-refractivity contribution is 8.76. The average Bonchev–Trinajstić information content (AvgIpc) is 1.65. The number of benzene rings is 3. The highest BCUT2D eigenvalue weighted by Crippen LogP contribution is 2.27. The van der Waals surface area contributed by atoms with E-state index in [0.29, 0.717) is 38.1 Å². The number of aliphatic carboxylic acids is 3. The number of phenolic OH excluding ortho intramolecular Hbond substituents is 2. The lowest BCUT2D eigenvalue weighted by molar-refractivity contribution is -0.142. The normalized spacial score (nSPS) is 20.9. The zero-order chi connectivity index (χ0) is 103. The minimum absolute atomic E-state index is 0.00484. The fourth-order valence-electron chi connectivity index (χ4n) is 14.3. The molecule has 0 radical (unpaired) electrons. The Balaban J connectivity index is 1.35. The summed E-state index contributed by atoms with van der Waals surface area (Å²) >= 11 is 0. The smallest absolute Gasteiger partial charge is 0.327 e. The van der Waals surface area contributed by atoms with Gasteiger partial charge in [0.05, 0.1) is 45.0 Å². The number of aromatic nitrogens is 1. The van der Waals surface area contributed by atoms with Crippen molar-refractivity contribution in [3.8, 4) is 11.5 Å². The van der Waals surface area contributed by atoms with Gasteiger partial charge in [-0.15, -0.1) is 0 Å². The summed E-state index contributed by atoms with van der Waals surface area (Å²) in [5.74, 6) is -27.4. The van der Waals surface area contributed by atoms with E-state index >= 15 is 9.59 Å². The first-order chi connectivity index (χ1) is 66.0. The maximum absolute atomic E-state index is 15.2. The SMILES string of the molecule is C[C@H](NC(=O)[C@@H]1CCCN1C(=O)[C@H](Cc1c[nH]c2ccccc12)NC(=O)CNC(=O)[C@H](CCC(N)=O)NC(=O)[C@H](CCCNC(=N)N)NC(=O)[C@@H](N)CC(=O)O)C(=O)NC1CSSC[C@@H](C(=O)O)NC(=O)C(CCCCN)NC(=O)[C@H](Cc2ccc(O)cc2)NC(=O)C(CC(N)=O)NC(=O)CNC(=O)[C@H](CCCCN)NC(=O)C(CO)NC(=O)[C@H](CC(=O)O)NC(=O)C(Cc2ccc(O)cc2)NC1=O. The first-order valence-electron chi connectivity index (χ1n) is 44.2. The number of carboxylic acids is 3. The van der Waals surface area contributed by atoms with Crippen LogP contribution in [0.25, 0.3) is 10.9 Å². The van der Waals surface area contributed by atoms with E-state index in [2.05, 4.69) is 90.1 Å². The minimum Gasteiger partial charge on any atom is -0.508 e. The van der Waals surface area contributed by atoms with Crippen molar-refractivity contribution in [2.45, 2.75) is 213 Å². The molecule has 5 unspecified atom stereocenters. The van der Waals surface area contributed by atoms with Gasteiger partial charge in [-0.2, -0.15) is 0 Å². The number of hydrogen-bond acceptors (Lipinski definition) is 30. The largest absolute Gasteiger partial charge is 0.508 e. The van der Waals surface area contributed by atoms with E-state index in [1.807, 2.05) is 0 Å². The van der Waals surface area contributed by atoms with Crippen LogP contribution in [0, 0.1) is 5.41 Å². The second-order valence-electron chi connectivity index (χ2n) is 32.6. The number of nitrogens with one attached hydrogen (secondary N) is 18. The topological polar surface area (TPSA) is 871 Å². The number of phenols is 2. The summed E-state index contributed by atoms with van der Waals surface area (Å²) < 4.78 is 0. The second kappa shape index (κ2) is 57.5. The summed E-state index contributed by atoms with van der Waals surface area (Å²) in [5, 5.41) is 107. The van der Waals surface area contributed by atoms with Crippen LogP contribution >= 0.6 is 21.6 Å². The number of nitrogens with zero attached hydrogens (tertiary/aromatic N) is 1. The first-order valence-corrected chi connectivity index (χ1v) is 46.7. The molecule has 6 rings (SSSR count). The number of carbonyl (C=O) groups is 21. The van der Waals surface area contributed by atoms with Crippen molar-refractivity contribution in [1.82, 2.24) is 95.0 Å². The number of unbranched alkanes of at least 4 members (excludes halogenated alkanes) is 2. The van der Waals surface area contributed by atoms with Gasteiger partial charge in [0, 0.05) is 67.4 Å². The summed E-state index contributed by atoms with van der Waals surface area (Å²) in [7, 11) is 1.35. The van der Waals surface area contributed by atoms with Crippen molar-refractivity contribution >= 4 is 163 Å². The lowest BCUT2D eigenvalue weighted by Gasteiger charge is -2.30. The van der Waals surface area contributed by atoms with Crippen LogP contribution in [0.1, 0.15) is 120 Å². The number of likely N-dealkylation sites (tertiary alicyclic amines) is 1. The Hall–Kier alpha value is -14.5. The Morgan fingerprint density at radius 2 is 1.08 bits per heavy atom. The van der Waals surface area contributed by atoms with Gasteiger partial charge in [0.2, 0.25) is 106 Å². The molecule has 3 heterocycles. The number of carboxylic acid groups (broad SMARTS) is 3. The lowest BCUT2D eigenvalue weighted by Crippen LogP contribution is -2.61. The van der Waals surface area contributed by atoms with Gasteiger partial charge in [0.15, 0.2) is 5.96 Å². The van der Waals surface area contributed by atoms with Crippen molar-refractivity contribution in [3.05, 3.63) is 95.7 Å². The van der Waals surface area contributed by atoms with E-state index in [0.717, 1.165) is 11.8 Å². The molecule has 0 saturated carbocycles. The van der Waals surface area contributed by atoms with Gasteiger partial charge in [-0.3, -0.25) is 101 Å². The van der Waals surface area contributed by atoms with Gasteiger partial charge >= 0.3 is 17.9 Å². The standard InChI is InChI=1S/C85H121N25O27S2/c1-42(97-82(134)63-15-9-29-110(63)83(135)59(32-45-36-94-50-11-3-2-10-48(45)50)99-67(117)38-96-73(125)54(24-25-64(89)114)103-74(126)53(14-8-28-93-85(91)92)100-71(123)49(88)33-68(118)119)70(122)108-61-40-138-139-41-62(84(136)137)109-75(127)52(13-5-7-27-87)102-76(128)55(30-43-16-20-46(112)21-17-43)104-78(130)57(34-65(90)115)98-66(116)37-95-72(124)51(12-4-6-26-86)101-80(132)60(39-111)107-79(131)58(35-69(120)121)106-77(129)56(105-81(61)133)31-44-18-22-47(113)23-19-44/h2-3,10-11,16-23,36,42,49,51-63,94,111-113H,4-9,12-15,24-35,37-41,86-88H2,1H3,(H2,89,114)(H2,90,115)(H,95,124)(H,96,125)(H,97,134)(H,98,116)(H,99,117)(H,100,123)(H,101,132)(H,102,128)(H,103,126)(H,104,130)(H,105,133)(H,106,129)(H,107,131)(H,108,122)(H,109,127)(H,118,119)(H,120,121)(H,136,137)(H4,91,92,93)/t42-,49-,51-,52?,53-,54-,55-,56?,57?,58-,59-,60?,61?,62-,63-/m0/s1. The molecular formula is C85H121N25O27S2. The van der Waals surface area contributed by atoms with Crippen LogP contribution in [0.3, 0.4) is 0 Å². The van der Waals surface area contributed by atoms with Gasteiger partial charge < -0.3 is 160 Å². The van der Waals surface area contributed by atoms with E-state index in [1.165, 1.54) is 48.5 Å². The monoisotopic (exact) mass is 1990 g/mol. The van der Waals surface area contributed by atoms with Crippen LogP contribution in [0.15, 0.2) is 79.0 Å². The third kappa shape index (κ3) is 38.9. The molecule has 2 aliphatic heterocycles. The fraction of sp³-hybridized carbons (Fsp3) is 0.506. The van der Waals surface area contributed by atoms with E-state index in [9.17, 15) is 122 Å². The Kier molecular flexibility index (Phi) is 46.8. The Morgan fingerprint density at radius 1 is 0.547 bits per heavy atom. The molecular weight excluding hydrogens is 1870 g/mol. The summed E-state index contributed by atoms with van der Waals surface area (Å²) in [6, 6.07) is -9.31. The van der Waals surface area contributed by atoms with Crippen molar-refractivity contribution in [2.24, 2.45) is 34.4 Å². The van der Waals surface area contributed by atoms with E-state index in [-0.39, 0.29) is 119 Å². The van der Waals surface area contributed by atoms with Gasteiger partial charge in [-0.05, 0) is 138 Å². The molecule has 2 fully saturated rings. The number of guanidine groups is 1. The molecule has 0 aliphatic carbocycles. The molecule has 0 bridgehead atoms. The third-order valence-electron chi connectivity index (χ3n) is 21.7. The van der Waals surface area contributed by atoms with Crippen LogP contribution in [0.4, 0.5) is 0 Å². The molecule has 0 spiro atoms. The van der Waals surface area contributed by atoms with Crippen molar-refractivity contribution in [2.75, 3.05) is 57.4 Å². The number of para-hydroxylation sites is 1. The minimum atomic E-state index is -2.20. The average molecular weight is 1990 g/mol.